The lowest BCUT2D eigenvalue weighted by molar-refractivity contribution is -0.130. The average Bonchev–Trinajstić information content (AvgIpc) is 3.19. The second kappa shape index (κ2) is 8.98. The summed E-state index contributed by atoms with van der Waals surface area (Å²) in [4.78, 5) is 30.6. The summed E-state index contributed by atoms with van der Waals surface area (Å²) in [6, 6.07) is 6.37. The van der Waals surface area contributed by atoms with E-state index >= 15 is 0 Å². The van der Waals surface area contributed by atoms with E-state index < -0.39 is 0 Å². The molecule has 4 rings (SSSR count). The highest BCUT2D eigenvalue weighted by atomic mass is 16.5. The van der Waals surface area contributed by atoms with Crippen LogP contribution in [0, 0.1) is 0 Å². The minimum absolute atomic E-state index is 0.142. The maximum Gasteiger partial charge on any atom is 0.226 e. The number of pyridine rings is 1. The van der Waals surface area contributed by atoms with Crippen LogP contribution in [0.5, 0.6) is 5.75 Å². The van der Waals surface area contributed by atoms with Crippen molar-refractivity contribution in [1.82, 2.24) is 19.9 Å². The van der Waals surface area contributed by atoms with E-state index in [9.17, 15) is 4.79 Å². The molecule has 2 unspecified atom stereocenters. The van der Waals surface area contributed by atoms with Crippen molar-refractivity contribution in [2.75, 3.05) is 31.6 Å². The first-order valence-corrected chi connectivity index (χ1v) is 10.9. The average molecular weight is 410 g/mol. The maximum absolute atomic E-state index is 11.9. The molecular weight excluding hydrogens is 378 g/mol. The fourth-order valence-electron chi connectivity index (χ4n) is 4.53. The Morgan fingerprint density at radius 3 is 2.73 bits per heavy atom. The first-order chi connectivity index (χ1) is 14.5. The summed E-state index contributed by atoms with van der Waals surface area (Å²) in [5, 5.41) is 0. The summed E-state index contributed by atoms with van der Waals surface area (Å²) in [5.74, 6) is 2.00. The highest BCUT2D eigenvalue weighted by molar-refractivity contribution is 5.73. The number of carbonyl (C=O) groups is 1. The summed E-state index contributed by atoms with van der Waals surface area (Å²) in [5.41, 5.74) is 2.94. The Bertz CT molecular complexity index is 903. The van der Waals surface area contributed by atoms with Gasteiger partial charge in [0.25, 0.3) is 0 Å². The van der Waals surface area contributed by atoms with Gasteiger partial charge in [-0.15, -0.1) is 0 Å². The van der Waals surface area contributed by atoms with Crippen molar-refractivity contribution in [3.8, 4) is 5.75 Å². The standard InChI is InChI=1S/C23H31N5O2/c1-16-6-4-11-28(16)23-25-20(12-19-13-21(30-3)8-9-24-19)14-22(26-23)18-7-5-10-27(15-18)17(2)29/h8-9,13-14,16,18H,4-7,10-12,15H2,1-3H3. The van der Waals surface area contributed by atoms with E-state index in [1.807, 2.05) is 17.0 Å². The van der Waals surface area contributed by atoms with Crippen molar-refractivity contribution < 1.29 is 9.53 Å². The number of carbonyl (C=O) groups excluding carboxylic acids is 1. The number of methoxy groups -OCH3 is 1. The van der Waals surface area contributed by atoms with Gasteiger partial charge in [0.2, 0.25) is 11.9 Å². The van der Waals surface area contributed by atoms with Crippen molar-refractivity contribution >= 4 is 11.9 Å². The molecule has 7 nitrogen and oxygen atoms in total. The number of anilines is 1. The highest BCUT2D eigenvalue weighted by Crippen LogP contribution is 2.30. The molecule has 4 heterocycles. The summed E-state index contributed by atoms with van der Waals surface area (Å²) in [7, 11) is 1.67. The molecule has 0 radical (unpaired) electrons. The molecule has 2 aromatic heterocycles. The Morgan fingerprint density at radius 1 is 1.17 bits per heavy atom. The number of aromatic nitrogens is 3. The molecule has 0 N–H and O–H groups in total. The Hall–Kier alpha value is -2.70. The van der Waals surface area contributed by atoms with Crippen LogP contribution in [-0.2, 0) is 11.2 Å². The number of likely N-dealkylation sites (tertiary alicyclic amines) is 1. The molecule has 0 saturated carbocycles. The molecule has 0 spiro atoms. The van der Waals surface area contributed by atoms with Gasteiger partial charge in [-0.2, -0.15) is 0 Å². The van der Waals surface area contributed by atoms with Crippen LogP contribution in [0.15, 0.2) is 24.4 Å². The van der Waals surface area contributed by atoms with Crippen LogP contribution in [0.3, 0.4) is 0 Å². The minimum atomic E-state index is 0.142. The van der Waals surface area contributed by atoms with Gasteiger partial charge in [0.15, 0.2) is 0 Å². The number of hydrogen-bond donors (Lipinski definition) is 0. The van der Waals surface area contributed by atoms with Gasteiger partial charge in [-0.05, 0) is 44.7 Å². The zero-order valence-electron chi connectivity index (χ0n) is 18.2. The summed E-state index contributed by atoms with van der Waals surface area (Å²) in [6.07, 6.45) is 6.80. The van der Waals surface area contributed by atoms with E-state index in [0.717, 1.165) is 61.3 Å². The first kappa shape index (κ1) is 20.6. The molecule has 2 fully saturated rings. The van der Waals surface area contributed by atoms with E-state index in [1.54, 1.807) is 20.2 Å². The molecule has 2 aromatic rings. The van der Waals surface area contributed by atoms with Gasteiger partial charge >= 0.3 is 0 Å². The van der Waals surface area contributed by atoms with Crippen molar-refractivity contribution in [3.05, 3.63) is 41.5 Å². The molecule has 2 aliphatic heterocycles. The van der Waals surface area contributed by atoms with Crippen LogP contribution in [0.1, 0.15) is 62.5 Å². The Kier molecular flexibility index (Phi) is 6.16. The third-order valence-corrected chi connectivity index (χ3v) is 6.27. The third-order valence-electron chi connectivity index (χ3n) is 6.27. The van der Waals surface area contributed by atoms with Gasteiger partial charge in [0.1, 0.15) is 5.75 Å². The number of piperidine rings is 1. The van der Waals surface area contributed by atoms with Crippen LogP contribution in [0.25, 0.3) is 0 Å². The zero-order valence-corrected chi connectivity index (χ0v) is 18.2. The van der Waals surface area contributed by atoms with Gasteiger partial charge in [-0.25, -0.2) is 9.97 Å². The Labute approximate surface area is 178 Å². The molecule has 0 aromatic carbocycles. The smallest absolute Gasteiger partial charge is 0.226 e. The second-order valence-electron chi connectivity index (χ2n) is 8.44. The molecule has 2 aliphatic rings. The van der Waals surface area contributed by atoms with Crippen LogP contribution >= 0.6 is 0 Å². The zero-order chi connectivity index (χ0) is 21.1. The van der Waals surface area contributed by atoms with Gasteiger partial charge in [0.05, 0.1) is 18.5 Å². The van der Waals surface area contributed by atoms with Crippen LogP contribution < -0.4 is 9.64 Å². The number of rotatable bonds is 5. The SMILES string of the molecule is COc1ccnc(Cc2cc(C3CCCN(C(C)=O)C3)nc(N3CCCC3C)n2)c1. The third kappa shape index (κ3) is 4.55. The predicted molar refractivity (Wildman–Crippen MR) is 116 cm³/mol. The second-order valence-corrected chi connectivity index (χ2v) is 8.44. The van der Waals surface area contributed by atoms with Crippen LogP contribution in [-0.4, -0.2) is 58.5 Å². The number of nitrogens with zero attached hydrogens (tertiary/aromatic N) is 5. The summed E-state index contributed by atoms with van der Waals surface area (Å²) >= 11 is 0. The summed E-state index contributed by atoms with van der Waals surface area (Å²) in [6.45, 7) is 6.46. The molecule has 30 heavy (non-hydrogen) atoms. The van der Waals surface area contributed by atoms with E-state index in [2.05, 4.69) is 22.9 Å². The fourth-order valence-corrected chi connectivity index (χ4v) is 4.53. The lowest BCUT2D eigenvalue weighted by Gasteiger charge is -2.32. The Balaban J connectivity index is 1.66. The largest absolute Gasteiger partial charge is 0.497 e. The molecule has 1 amide bonds. The molecule has 0 bridgehead atoms. The van der Waals surface area contributed by atoms with Gasteiger partial charge in [-0.1, -0.05) is 0 Å². The van der Waals surface area contributed by atoms with Gasteiger partial charge in [-0.3, -0.25) is 9.78 Å². The van der Waals surface area contributed by atoms with E-state index in [0.29, 0.717) is 12.5 Å². The first-order valence-electron chi connectivity index (χ1n) is 10.9. The van der Waals surface area contributed by atoms with E-state index in [-0.39, 0.29) is 11.8 Å². The van der Waals surface area contributed by atoms with Crippen molar-refractivity contribution in [3.63, 3.8) is 0 Å². The summed E-state index contributed by atoms with van der Waals surface area (Å²) < 4.78 is 5.35. The Morgan fingerprint density at radius 2 is 2.00 bits per heavy atom. The maximum atomic E-state index is 11.9. The van der Waals surface area contributed by atoms with Crippen molar-refractivity contribution in [2.45, 2.75) is 57.9 Å². The molecule has 160 valence electrons. The van der Waals surface area contributed by atoms with Gasteiger partial charge in [0, 0.05) is 62.9 Å². The molecular formula is C23H31N5O2. The van der Waals surface area contributed by atoms with Crippen molar-refractivity contribution in [1.29, 1.82) is 0 Å². The van der Waals surface area contributed by atoms with E-state index in [4.69, 9.17) is 14.7 Å². The van der Waals surface area contributed by atoms with E-state index in [1.165, 1.54) is 12.8 Å². The molecule has 7 heteroatoms. The quantitative estimate of drug-likeness (QED) is 0.755. The number of amides is 1. The normalized spacial score (nSPS) is 21.7. The predicted octanol–water partition coefficient (Wildman–Crippen LogP) is 3.19. The lowest BCUT2D eigenvalue weighted by Crippen LogP contribution is -2.38. The highest BCUT2D eigenvalue weighted by Gasteiger charge is 2.28. The van der Waals surface area contributed by atoms with Gasteiger partial charge < -0.3 is 14.5 Å². The van der Waals surface area contributed by atoms with Crippen molar-refractivity contribution in [2.24, 2.45) is 0 Å². The van der Waals surface area contributed by atoms with Crippen LogP contribution in [0.4, 0.5) is 5.95 Å². The number of hydrogen-bond acceptors (Lipinski definition) is 6. The fraction of sp³-hybridized carbons (Fsp3) is 0.565. The molecule has 2 atom stereocenters. The topological polar surface area (TPSA) is 71.5 Å². The number of ether oxygens (including phenoxy) is 1. The van der Waals surface area contributed by atoms with Crippen LogP contribution in [0.2, 0.25) is 0 Å². The molecule has 0 aliphatic carbocycles. The monoisotopic (exact) mass is 409 g/mol. The lowest BCUT2D eigenvalue weighted by atomic mass is 9.93. The minimum Gasteiger partial charge on any atom is -0.497 e. The molecule has 2 saturated heterocycles.